The van der Waals surface area contributed by atoms with Crippen molar-refractivity contribution in [3.63, 3.8) is 0 Å². The Labute approximate surface area is 104 Å². The Bertz CT molecular complexity index is 386. The second-order valence-corrected chi connectivity index (χ2v) is 5.53. The molecule has 0 radical (unpaired) electrons. The average molecular weight is 230 g/mol. The molecule has 1 heteroatoms. The molecule has 0 aromatic heterocycles. The zero-order valence-corrected chi connectivity index (χ0v) is 10.9. The summed E-state index contributed by atoms with van der Waals surface area (Å²) < 4.78 is 0. The number of ketones is 1. The minimum absolute atomic E-state index is 0.325. The van der Waals surface area contributed by atoms with E-state index < -0.39 is 0 Å². The third-order valence-electron chi connectivity index (χ3n) is 4.10. The zero-order valence-electron chi connectivity index (χ0n) is 10.9. The van der Waals surface area contributed by atoms with Gasteiger partial charge in [0, 0.05) is 12.3 Å². The maximum absolute atomic E-state index is 12.2. The van der Waals surface area contributed by atoms with Crippen LogP contribution in [0.4, 0.5) is 0 Å². The second kappa shape index (κ2) is 5.48. The number of carbonyl (C=O) groups is 1. The van der Waals surface area contributed by atoms with E-state index in [2.05, 4.69) is 26.0 Å². The first-order chi connectivity index (χ1) is 8.16. The van der Waals surface area contributed by atoms with Gasteiger partial charge in [0.25, 0.3) is 0 Å². The van der Waals surface area contributed by atoms with Crippen molar-refractivity contribution in [1.82, 2.24) is 0 Å². The minimum Gasteiger partial charge on any atom is -0.299 e. The molecule has 0 aliphatic heterocycles. The van der Waals surface area contributed by atoms with E-state index in [0.29, 0.717) is 18.1 Å². The fourth-order valence-electron chi connectivity index (χ4n) is 2.72. The summed E-state index contributed by atoms with van der Waals surface area (Å²) in [4.78, 5) is 12.2. The third-order valence-corrected chi connectivity index (χ3v) is 4.10. The molecule has 0 saturated heterocycles. The Kier molecular flexibility index (Phi) is 3.98. The summed E-state index contributed by atoms with van der Waals surface area (Å²) in [6.07, 6.45) is 5.29. The van der Waals surface area contributed by atoms with Crippen LogP contribution in [-0.4, -0.2) is 5.78 Å². The smallest absolute Gasteiger partial charge is 0.140 e. The van der Waals surface area contributed by atoms with Crippen LogP contribution in [0.3, 0.4) is 0 Å². The van der Waals surface area contributed by atoms with Crippen LogP contribution in [0.1, 0.15) is 43.7 Å². The predicted octanol–water partition coefficient (Wildman–Crippen LogP) is 3.93. The first-order valence-electron chi connectivity index (χ1n) is 6.74. The molecule has 1 aliphatic carbocycles. The van der Waals surface area contributed by atoms with Gasteiger partial charge in [0.15, 0.2) is 0 Å². The summed E-state index contributed by atoms with van der Waals surface area (Å²) in [7, 11) is 0. The molecule has 1 aromatic carbocycles. The van der Waals surface area contributed by atoms with Crippen LogP contribution in [0.5, 0.6) is 0 Å². The Morgan fingerprint density at radius 3 is 2.47 bits per heavy atom. The van der Waals surface area contributed by atoms with Crippen molar-refractivity contribution < 1.29 is 4.79 Å². The number of aryl methyl sites for hydroxylation is 1. The third kappa shape index (κ3) is 3.18. The lowest BCUT2D eigenvalue weighted by Crippen LogP contribution is -2.22. The Morgan fingerprint density at radius 2 is 1.82 bits per heavy atom. The molecule has 2 rings (SSSR count). The highest BCUT2D eigenvalue weighted by molar-refractivity contribution is 5.83. The van der Waals surface area contributed by atoms with Crippen molar-refractivity contribution in [2.24, 2.45) is 11.8 Å². The SMILES string of the molecule is Cc1ccccc1CC(=O)C1CCC(C)CC1. The molecule has 0 bridgehead atoms. The van der Waals surface area contributed by atoms with E-state index in [0.717, 1.165) is 18.8 Å². The summed E-state index contributed by atoms with van der Waals surface area (Å²) in [6, 6.07) is 8.23. The van der Waals surface area contributed by atoms with E-state index in [1.165, 1.54) is 24.0 Å². The summed E-state index contributed by atoms with van der Waals surface area (Å²) in [5, 5.41) is 0. The summed E-state index contributed by atoms with van der Waals surface area (Å²) in [6.45, 7) is 4.38. The van der Waals surface area contributed by atoms with Crippen LogP contribution in [0.2, 0.25) is 0 Å². The monoisotopic (exact) mass is 230 g/mol. The van der Waals surface area contributed by atoms with E-state index in [4.69, 9.17) is 0 Å². The maximum atomic E-state index is 12.2. The molecule has 0 unspecified atom stereocenters. The average Bonchev–Trinajstić information content (AvgIpc) is 2.33. The quantitative estimate of drug-likeness (QED) is 0.769. The molecule has 0 N–H and O–H groups in total. The standard InChI is InChI=1S/C16H22O/c1-12-7-9-14(10-8-12)16(17)11-15-6-4-3-5-13(15)2/h3-6,12,14H,7-11H2,1-2H3. The van der Waals surface area contributed by atoms with Crippen molar-refractivity contribution in [2.45, 2.75) is 46.0 Å². The lowest BCUT2D eigenvalue weighted by molar-refractivity contribution is -0.123. The van der Waals surface area contributed by atoms with Gasteiger partial charge >= 0.3 is 0 Å². The fourth-order valence-corrected chi connectivity index (χ4v) is 2.72. The molecular formula is C16H22O. The minimum atomic E-state index is 0.325. The molecule has 1 aromatic rings. The van der Waals surface area contributed by atoms with Gasteiger partial charge in [-0.05, 0) is 36.8 Å². The van der Waals surface area contributed by atoms with Gasteiger partial charge in [-0.2, -0.15) is 0 Å². The van der Waals surface area contributed by atoms with E-state index in [-0.39, 0.29) is 0 Å². The van der Waals surface area contributed by atoms with Crippen LogP contribution in [0.25, 0.3) is 0 Å². The summed E-state index contributed by atoms with van der Waals surface area (Å²) in [5.74, 6) is 1.59. The molecule has 0 spiro atoms. The molecule has 1 aliphatic rings. The van der Waals surface area contributed by atoms with Gasteiger partial charge in [0.05, 0.1) is 0 Å². The number of hydrogen-bond acceptors (Lipinski definition) is 1. The molecule has 0 amide bonds. The van der Waals surface area contributed by atoms with Gasteiger partial charge < -0.3 is 0 Å². The van der Waals surface area contributed by atoms with Gasteiger partial charge in [-0.1, -0.05) is 44.0 Å². The molecule has 1 nitrogen and oxygen atoms in total. The van der Waals surface area contributed by atoms with Crippen molar-refractivity contribution >= 4 is 5.78 Å². The van der Waals surface area contributed by atoms with Gasteiger partial charge in [-0.15, -0.1) is 0 Å². The Balaban J connectivity index is 1.95. The van der Waals surface area contributed by atoms with E-state index in [1.54, 1.807) is 0 Å². The first kappa shape index (κ1) is 12.3. The van der Waals surface area contributed by atoms with Crippen molar-refractivity contribution in [1.29, 1.82) is 0 Å². The molecule has 0 heterocycles. The van der Waals surface area contributed by atoms with E-state index in [9.17, 15) is 4.79 Å². The number of benzene rings is 1. The highest BCUT2D eigenvalue weighted by Crippen LogP contribution is 2.29. The largest absolute Gasteiger partial charge is 0.299 e. The molecule has 1 fully saturated rings. The van der Waals surface area contributed by atoms with Crippen LogP contribution >= 0.6 is 0 Å². The molecule has 0 atom stereocenters. The highest BCUT2D eigenvalue weighted by atomic mass is 16.1. The van der Waals surface area contributed by atoms with Crippen LogP contribution in [-0.2, 0) is 11.2 Å². The second-order valence-electron chi connectivity index (χ2n) is 5.53. The summed E-state index contributed by atoms with van der Waals surface area (Å²) >= 11 is 0. The Hall–Kier alpha value is -1.11. The normalized spacial score (nSPS) is 24.6. The number of Topliss-reactive ketones (excluding diaryl/α,β-unsaturated/α-hetero) is 1. The molecule has 1 saturated carbocycles. The maximum Gasteiger partial charge on any atom is 0.140 e. The van der Waals surface area contributed by atoms with E-state index >= 15 is 0 Å². The number of hydrogen-bond donors (Lipinski definition) is 0. The first-order valence-corrected chi connectivity index (χ1v) is 6.74. The van der Waals surface area contributed by atoms with Crippen LogP contribution in [0, 0.1) is 18.8 Å². The van der Waals surface area contributed by atoms with Gasteiger partial charge in [0.1, 0.15) is 5.78 Å². The zero-order chi connectivity index (χ0) is 12.3. The van der Waals surface area contributed by atoms with Crippen molar-refractivity contribution in [3.05, 3.63) is 35.4 Å². The molecule has 92 valence electrons. The van der Waals surface area contributed by atoms with E-state index in [1.807, 2.05) is 12.1 Å². The van der Waals surface area contributed by atoms with Crippen molar-refractivity contribution in [2.75, 3.05) is 0 Å². The van der Waals surface area contributed by atoms with Gasteiger partial charge in [0.2, 0.25) is 0 Å². The highest BCUT2D eigenvalue weighted by Gasteiger charge is 2.24. The molecule has 17 heavy (non-hydrogen) atoms. The fraction of sp³-hybridized carbons (Fsp3) is 0.562. The topological polar surface area (TPSA) is 17.1 Å². The predicted molar refractivity (Wildman–Crippen MR) is 71.0 cm³/mol. The van der Waals surface area contributed by atoms with Crippen LogP contribution in [0.15, 0.2) is 24.3 Å². The van der Waals surface area contributed by atoms with Crippen LogP contribution < -0.4 is 0 Å². The Morgan fingerprint density at radius 1 is 1.18 bits per heavy atom. The molecular weight excluding hydrogens is 208 g/mol. The number of rotatable bonds is 3. The van der Waals surface area contributed by atoms with Crippen molar-refractivity contribution in [3.8, 4) is 0 Å². The lowest BCUT2D eigenvalue weighted by Gasteiger charge is -2.25. The number of carbonyl (C=O) groups excluding carboxylic acids is 1. The summed E-state index contributed by atoms with van der Waals surface area (Å²) in [5.41, 5.74) is 2.45. The van der Waals surface area contributed by atoms with Gasteiger partial charge in [-0.25, -0.2) is 0 Å². The lowest BCUT2D eigenvalue weighted by atomic mass is 9.79. The van der Waals surface area contributed by atoms with Gasteiger partial charge in [-0.3, -0.25) is 4.79 Å².